The molecule has 9 heteroatoms. The van der Waals surface area contributed by atoms with E-state index in [1.807, 2.05) is 12.1 Å². The van der Waals surface area contributed by atoms with Crippen LogP contribution in [0.25, 0.3) is 11.1 Å². The molecule has 0 bridgehead atoms. The Morgan fingerprint density at radius 3 is 2.63 bits per heavy atom. The second kappa shape index (κ2) is 11.6. The second-order valence-electron chi connectivity index (χ2n) is 10.1. The van der Waals surface area contributed by atoms with Crippen LogP contribution in [0.2, 0.25) is 5.02 Å². The molecule has 35 heavy (non-hydrogen) atoms. The maximum atomic E-state index is 11.4. The van der Waals surface area contributed by atoms with Gasteiger partial charge < -0.3 is 21.1 Å². The molecule has 1 saturated heterocycles. The van der Waals surface area contributed by atoms with Crippen molar-refractivity contribution in [1.82, 2.24) is 10.3 Å². The molecule has 0 atom stereocenters. The molecule has 1 aromatic heterocycles. The van der Waals surface area contributed by atoms with Crippen LogP contribution in [0.4, 0.5) is 5.69 Å². The van der Waals surface area contributed by atoms with Gasteiger partial charge in [-0.1, -0.05) is 23.7 Å². The molecular weight excluding hydrogens is 484 g/mol. The lowest BCUT2D eigenvalue weighted by atomic mass is 9.77. The summed E-state index contributed by atoms with van der Waals surface area (Å²) in [5.41, 5.74) is 10.2. The highest BCUT2D eigenvalue weighted by atomic mass is 35.5. The van der Waals surface area contributed by atoms with E-state index in [1.54, 1.807) is 6.20 Å². The molecule has 1 aliphatic heterocycles. The third kappa shape index (κ3) is 7.40. The van der Waals surface area contributed by atoms with Crippen molar-refractivity contribution in [2.75, 3.05) is 43.6 Å². The van der Waals surface area contributed by atoms with Gasteiger partial charge in [-0.05, 0) is 68.2 Å². The predicted octanol–water partition coefficient (Wildman–Crippen LogP) is 3.97. The molecule has 2 heterocycles. The van der Waals surface area contributed by atoms with Crippen molar-refractivity contribution >= 4 is 27.1 Å². The number of hydrogen-bond donors (Lipinski definition) is 3. The summed E-state index contributed by atoms with van der Waals surface area (Å²) in [5, 5.41) is 7.55. The first-order valence-corrected chi connectivity index (χ1v) is 14.9. The minimum atomic E-state index is -2.96. The highest BCUT2D eigenvalue weighted by molar-refractivity contribution is 7.90. The summed E-state index contributed by atoms with van der Waals surface area (Å²) in [6.45, 7) is 3.11. The number of benzene rings is 1. The van der Waals surface area contributed by atoms with Crippen molar-refractivity contribution in [3.8, 4) is 11.1 Å². The number of hydrogen-bond acceptors (Lipinski definition) is 7. The Hall–Kier alpha value is -1.71. The first-order valence-electron chi connectivity index (χ1n) is 12.5. The fourth-order valence-electron chi connectivity index (χ4n) is 4.98. The van der Waals surface area contributed by atoms with Crippen molar-refractivity contribution < 1.29 is 13.2 Å². The summed E-state index contributed by atoms with van der Waals surface area (Å²) >= 11 is 6.59. The summed E-state index contributed by atoms with van der Waals surface area (Å²) in [6.07, 6.45) is 8.49. The molecule has 4 N–H and O–H groups in total. The Bertz CT molecular complexity index is 1100. The van der Waals surface area contributed by atoms with Crippen LogP contribution < -0.4 is 16.4 Å². The topological polar surface area (TPSA) is 106 Å². The number of nitrogens with one attached hydrogen (secondary N) is 2. The third-order valence-electron chi connectivity index (χ3n) is 7.26. The van der Waals surface area contributed by atoms with Crippen LogP contribution >= 0.6 is 11.6 Å². The lowest BCUT2D eigenvalue weighted by Gasteiger charge is -2.37. The lowest BCUT2D eigenvalue weighted by Crippen LogP contribution is -2.46. The van der Waals surface area contributed by atoms with Crippen LogP contribution in [0.3, 0.4) is 0 Å². The van der Waals surface area contributed by atoms with Gasteiger partial charge in [0, 0.05) is 56.0 Å². The van der Waals surface area contributed by atoms with Crippen LogP contribution in [0.5, 0.6) is 0 Å². The highest BCUT2D eigenvalue weighted by Crippen LogP contribution is 2.37. The number of sulfone groups is 1. The van der Waals surface area contributed by atoms with E-state index >= 15 is 0 Å². The molecule has 1 aliphatic carbocycles. The van der Waals surface area contributed by atoms with Gasteiger partial charge >= 0.3 is 0 Å². The zero-order valence-electron chi connectivity index (χ0n) is 20.4. The SMILES string of the molecule is CS(=O)(=O)CCNC1CCC(N)(c2cc(-c3cccc(NCC4CCOCC4)c3)c(Cl)cn2)CC1. The molecular formula is C26H37ClN4O3S. The Labute approximate surface area is 214 Å². The molecule has 2 fully saturated rings. The molecule has 7 nitrogen and oxygen atoms in total. The van der Waals surface area contributed by atoms with E-state index in [0.29, 0.717) is 17.5 Å². The van der Waals surface area contributed by atoms with Crippen molar-refractivity contribution in [2.24, 2.45) is 11.7 Å². The number of anilines is 1. The molecule has 0 spiro atoms. The van der Waals surface area contributed by atoms with E-state index in [9.17, 15) is 8.42 Å². The van der Waals surface area contributed by atoms with Crippen molar-refractivity contribution in [3.05, 3.63) is 47.2 Å². The Morgan fingerprint density at radius 1 is 1.17 bits per heavy atom. The maximum Gasteiger partial charge on any atom is 0.148 e. The fraction of sp³-hybridized carbons (Fsp3) is 0.577. The van der Waals surface area contributed by atoms with E-state index in [1.165, 1.54) is 6.26 Å². The minimum Gasteiger partial charge on any atom is -0.385 e. The van der Waals surface area contributed by atoms with Crippen molar-refractivity contribution in [1.29, 1.82) is 0 Å². The van der Waals surface area contributed by atoms with Crippen molar-refractivity contribution in [3.63, 3.8) is 0 Å². The standard InChI is InChI=1S/C26H37ClN4O3S/c1-35(32,33)14-11-29-21-5-9-26(28,10-6-21)25-16-23(24(27)18-31-25)20-3-2-4-22(15-20)30-17-19-7-12-34-13-8-19/h2-4,15-16,18-19,21,29-30H,5-14,17,28H2,1H3. The maximum absolute atomic E-state index is 11.4. The monoisotopic (exact) mass is 520 g/mol. The largest absolute Gasteiger partial charge is 0.385 e. The van der Waals surface area contributed by atoms with Gasteiger partial charge in [0.2, 0.25) is 0 Å². The van der Waals surface area contributed by atoms with E-state index in [0.717, 1.165) is 80.8 Å². The summed E-state index contributed by atoms with van der Waals surface area (Å²) in [6, 6.07) is 10.6. The highest BCUT2D eigenvalue weighted by Gasteiger charge is 2.34. The number of nitrogens with two attached hydrogens (primary N) is 1. The molecule has 0 radical (unpaired) electrons. The predicted molar refractivity (Wildman–Crippen MR) is 143 cm³/mol. The average molecular weight is 521 g/mol. The third-order valence-corrected chi connectivity index (χ3v) is 8.51. The van der Waals surface area contributed by atoms with Crippen LogP contribution in [0, 0.1) is 5.92 Å². The minimum absolute atomic E-state index is 0.155. The number of aromatic nitrogens is 1. The normalized spacial score (nSPS) is 23.8. The second-order valence-corrected chi connectivity index (χ2v) is 12.7. The van der Waals surface area contributed by atoms with Gasteiger partial charge in [0.05, 0.1) is 22.0 Å². The van der Waals surface area contributed by atoms with Crippen molar-refractivity contribution in [2.45, 2.75) is 50.1 Å². The van der Waals surface area contributed by atoms with Crippen LogP contribution in [-0.4, -0.2) is 57.8 Å². The van der Waals surface area contributed by atoms with Gasteiger partial charge in [-0.2, -0.15) is 0 Å². The Morgan fingerprint density at radius 2 is 1.91 bits per heavy atom. The molecule has 1 saturated carbocycles. The van der Waals surface area contributed by atoms with Gasteiger partial charge in [-0.25, -0.2) is 8.42 Å². The number of nitrogens with zero attached hydrogens (tertiary/aromatic N) is 1. The summed E-state index contributed by atoms with van der Waals surface area (Å²) in [4.78, 5) is 4.62. The van der Waals surface area contributed by atoms with Crippen LogP contribution in [-0.2, 0) is 20.1 Å². The number of halogens is 1. The Kier molecular flexibility index (Phi) is 8.71. The number of ether oxygens (including phenoxy) is 1. The fourth-order valence-corrected chi connectivity index (χ4v) is 5.68. The average Bonchev–Trinajstić information content (AvgIpc) is 2.84. The summed E-state index contributed by atoms with van der Waals surface area (Å²) in [7, 11) is -2.96. The first-order chi connectivity index (χ1) is 16.7. The molecule has 1 aromatic carbocycles. The van der Waals surface area contributed by atoms with Gasteiger partial charge in [-0.15, -0.1) is 0 Å². The molecule has 2 aromatic rings. The van der Waals surface area contributed by atoms with Crippen LogP contribution in [0.15, 0.2) is 36.5 Å². The van der Waals surface area contributed by atoms with E-state index in [2.05, 4.69) is 33.8 Å². The molecule has 0 amide bonds. The quantitative estimate of drug-likeness (QED) is 0.459. The zero-order chi connectivity index (χ0) is 24.9. The lowest BCUT2D eigenvalue weighted by molar-refractivity contribution is 0.0699. The smallest absolute Gasteiger partial charge is 0.148 e. The van der Waals surface area contributed by atoms with Gasteiger partial charge in [0.15, 0.2) is 0 Å². The summed E-state index contributed by atoms with van der Waals surface area (Å²) in [5.74, 6) is 0.791. The zero-order valence-corrected chi connectivity index (χ0v) is 22.0. The molecule has 0 unspecified atom stereocenters. The van der Waals surface area contributed by atoms with Gasteiger partial charge in [0.25, 0.3) is 0 Å². The van der Waals surface area contributed by atoms with Crippen LogP contribution in [0.1, 0.15) is 44.2 Å². The number of rotatable bonds is 9. The van der Waals surface area contributed by atoms with E-state index in [4.69, 9.17) is 22.1 Å². The van der Waals surface area contributed by atoms with Gasteiger partial charge in [0.1, 0.15) is 9.84 Å². The molecule has 2 aliphatic rings. The molecule has 4 rings (SSSR count). The Balaban J connectivity index is 1.41. The summed E-state index contributed by atoms with van der Waals surface area (Å²) < 4.78 is 28.2. The van der Waals surface area contributed by atoms with E-state index < -0.39 is 15.4 Å². The number of pyridine rings is 1. The molecule has 192 valence electrons. The first kappa shape index (κ1) is 26.4. The van der Waals surface area contributed by atoms with E-state index in [-0.39, 0.29) is 11.8 Å². The van der Waals surface area contributed by atoms with Gasteiger partial charge in [-0.3, -0.25) is 4.98 Å².